The number of carbonyl (C=O) groups excluding carboxylic acids is 2. The third kappa shape index (κ3) is 1.32. The summed E-state index contributed by atoms with van der Waals surface area (Å²) in [6.45, 7) is 0. The molecule has 1 aliphatic heterocycles. The molecule has 5 heteroatoms. The molecule has 0 saturated heterocycles. The smallest absolute Gasteiger partial charge is 0.322 e. The lowest BCUT2D eigenvalue weighted by Gasteiger charge is -2.09. The van der Waals surface area contributed by atoms with Crippen molar-refractivity contribution in [2.75, 3.05) is 24.8 Å². The molecule has 1 amide bonds. The molecular formula is C11H12N2O3. The number of ether oxygens (including phenoxy) is 1. The van der Waals surface area contributed by atoms with Gasteiger partial charge in [-0.05, 0) is 18.2 Å². The van der Waals surface area contributed by atoms with E-state index in [0.29, 0.717) is 16.9 Å². The van der Waals surface area contributed by atoms with Crippen molar-refractivity contribution in [3.05, 3.63) is 23.8 Å². The van der Waals surface area contributed by atoms with Crippen molar-refractivity contribution in [2.24, 2.45) is 0 Å². The van der Waals surface area contributed by atoms with Gasteiger partial charge in [-0.15, -0.1) is 0 Å². The van der Waals surface area contributed by atoms with E-state index in [1.165, 1.54) is 12.0 Å². The third-order valence-corrected chi connectivity index (χ3v) is 2.74. The minimum Gasteiger partial charge on any atom is -0.468 e. The summed E-state index contributed by atoms with van der Waals surface area (Å²) in [5.74, 6) is -1.72. The summed E-state index contributed by atoms with van der Waals surface area (Å²) in [5, 5.41) is 0. The first-order valence-electron chi connectivity index (χ1n) is 4.81. The van der Waals surface area contributed by atoms with E-state index in [-0.39, 0.29) is 5.91 Å². The number of likely N-dealkylation sites (N-methyl/N-ethyl adjacent to an activating group) is 1. The summed E-state index contributed by atoms with van der Waals surface area (Å²) in [4.78, 5) is 24.8. The van der Waals surface area contributed by atoms with Gasteiger partial charge >= 0.3 is 5.97 Å². The Morgan fingerprint density at radius 3 is 2.81 bits per heavy atom. The zero-order valence-corrected chi connectivity index (χ0v) is 9.06. The van der Waals surface area contributed by atoms with Crippen molar-refractivity contribution in [1.82, 2.24) is 0 Å². The largest absolute Gasteiger partial charge is 0.468 e. The Labute approximate surface area is 92.8 Å². The van der Waals surface area contributed by atoms with Gasteiger partial charge in [-0.2, -0.15) is 0 Å². The number of nitrogen functional groups attached to an aromatic ring is 1. The molecule has 84 valence electrons. The quantitative estimate of drug-likeness (QED) is 0.425. The first kappa shape index (κ1) is 10.5. The van der Waals surface area contributed by atoms with Crippen molar-refractivity contribution in [3.8, 4) is 0 Å². The van der Waals surface area contributed by atoms with Gasteiger partial charge in [0.2, 0.25) is 5.91 Å². The first-order chi connectivity index (χ1) is 7.56. The Bertz CT molecular complexity index is 470. The van der Waals surface area contributed by atoms with Gasteiger partial charge in [-0.3, -0.25) is 9.59 Å². The Morgan fingerprint density at radius 2 is 2.19 bits per heavy atom. The molecular weight excluding hydrogens is 208 g/mol. The number of esters is 1. The van der Waals surface area contributed by atoms with E-state index in [4.69, 9.17) is 5.73 Å². The fourth-order valence-electron chi connectivity index (χ4n) is 1.90. The molecule has 1 aromatic carbocycles. The second kappa shape index (κ2) is 3.52. The van der Waals surface area contributed by atoms with Crippen molar-refractivity contribution in [3.63, 3.8) is 0 Å². The summed E-state index contributed by atoms with van der Waals surface area (Å²) in [7, 11) is 2.89. The molecule has 1 atom stereocenters. The molecule has 0 aliphatic carbocycles. The van der Waals surface area contributed by atoms with Crippen molar-refractivity contribution < 1.29 is 14.3 Å². The number of methoxy groups -OCH3 is 1. The van der Waals surface area contributed by atoms with E-state index in [1.54, 1.807) is 25.2 Å². The van der Waals surface area contributed by atoms with Crippen LogP contribution < -0.4 is 10.6 Å². The van der Waals surface area contributed by atoms with Crippen LogP contribution in [0.15, 0.2) is 18.2 Å². The maximum atomic E-state index is 11.9. The summed E-state index contributed by atoms with van der Waals surface area (Å²) in [6.07, 6.45) is 0. The number of carbonyl (C=O) groups is 2. The number of nitrogens with two attached hydrogens (primary N) is 1. The predicted octanol–water partition coefficient (Wildman–Crippen LogP) is 0.502. The standard InChI is InChI=1S/C11H12N2O3/c1-13-8-4-3-6(12)5-7(8)9(10(13)14)11(15)16-2/h3-5,9H,12H2,1-2H3. The summed E-state index contributed by atoms with van der Waals surface area (Å²) < 4.78 is 4.62. The van der Waals surface area contributed by atoms with E-state index < -0.39 is 11.9 Å². The number of hydrogen-bond donors (Lipinski definition) is 1. The summed E-state index contributed by atoms with van der Waals surface area (Å²) in [5.41, 5.74) is 7.48. The van der Waals surface area contributed by atoms with Crippen LogP contribution in [0.3, 0.4) is 0 Å². The number of rotatable bonds is 1. The zero-order chi connectivity index (χ0) is 11.9. The zero-order valence-electron chi connectivity index (χ0n) is 9.06. The molecule has 2 N–H and O–H groups in total. The topological polar surface area (TPSA) is 72.6 Å². The van der Waals surface area contributed by atoms with Crippen LogP contribution in [0.2, 0.25) is 0 Å². The lowest BCUT2D eigenvalue weighted by atomic mass is 10.0. The highest BCUT2D eigenvalue weighted by molar-refractivity contribution is 6.16. The van der Waals surface area contributed by atoms with Gasteiger partial charge in [-0.1, -0.05) is 0 Å². The second-order valence-electron chi connectivity index (χ2n) is 3.67. The second-order valence-corrected chi connectivity index (χ2v) is 3.67. The molecule has 0 spiro atoms. The molecule has 2 rings (SSSR count). The Morgan fingerprint density at radius 1 is 1.50 bits per heavy atom. The number of hydrogen-bond acceptors (Lipinski definition) is 4. The molecule has 5 nitrogen and oxygen atoms in total. The van der Waals surface area contributed by atoms with Gasteiger partial charge < -0.3 is 15.4 Å². The highest BCUT2D eigenvalue weighted by atomic mass is 16.5. The highest BCUT2D eigenvalue weighted by Crippen LogP contribution is 2.38. The average Bonchev–Trinajstić information content (AvgIpc) is 2.51. The third-order valence-electron chi connectivity index (χ3n) is 2.74. The fourth-order valence-corrected chi connectivity index (χ4v) is 1.90. The predicted molar refractivity (Wildman–Crippen MR) is 59.0 cm³/mol. The summed E-state index contributed by atoms with van der Waals surface area (Å²) >= 11 is 0. The van der Waals surface area contributed by atoms with Crippen LogP contribution in [-0.2, 0) is 14.3 Å². The van der Waals surface area contributed by atoms with Gasteiger partial charge in [0.15, 0.2) is 5.92 Å². The van der Waals surface area contributed by atoms with Crippen LogP contribution in [-0.4, -0.2) is 26.0 Å². The molecule has 1 aliphatic rings. The van der Waals surface area contributed by atoms with Crippen LogP contribution in [0.4, 0.5) is 11.4 Å². The number of benzene rings is 1. The molecule has 1 heterocycles. The van der Waals surface area contributed by atoms with Gasteiger partial charge in [-0.25, -0.2) is 0 Å². The first-order valence-corrected chi connectivity index (χ1v) is 4.81. The monoisotopic (exact) mass is 220 g/mol. The molecule has 1 unspecified atom stereocenters. The number of amides is 1. The van der Waals surface area contributed by atoms with Crippen molar-refractivity contribution >= 4 is 23.3 Å². The van der Waals surface area contributed by atoms with Gasteiger partial charge in [0.25, 0.3) is 0 Å². The molecule has 1 aromatic rings. The van der Waals surface area contributed by atoms with E-state index in [1.807, 2.05) is 0 Å². The van der Waals surface area contributed by atoms with Crippen molar-refractivity contribution in [1.29, 1.82) is 0 Å². The molecule has 16 heavy (non-hydrogen) atoms. The number of fused-ring (bicyclic) bond motifs is 1. The Kier molecular flexibility index (Phi) is 2.30. The van der Waals surface area contributed by atoms with E-state index in [2.05, 4.69) is 4.74 Å². The molecule has 0 aromatic heterocycles. The Balaban J connectivity index is 2.55. The molecule has 0 saturated carbocycles. The molecule has 0 bridgehead atoms. The van der Waals surface area contributed by atoms with Crippen LogP contribution in [0, 0.1) is 0 Å². The van der Waals surface area contributed by atoms with E-state index in [0.717, 1.165) is 0 Å². The normalized spacial score (nSPS) is 18.5. The van der Waals surface area contributed by atoms with Gasteiger partial charge in [0, 0.05) is 24.0 Å². The minimum atomic E-state index is -0.881. The number of anilines is 2. The SMILES string of the molecule is COC(=O)C1C(=O)N(C)c2ccc(N)cc21. The minimum absolute atomic E-state index is 0.285. The maximum absolute atomic E-state index is 11.9. The number of nitrogens with zero attached hydrogens (tertiary/aromatic N) is 1. The van der Waals surface area contributed by atoms with Gasteiger partial charge in [0.1, 0.15) is 0 Å². The fraction of sp³-hybridized carbons (Fsp3) is 0.273. The Hall–Kier alpha value is -2.04. The summed E-state index contributed by atoms with van der Waals surface area (Å²) in [6, 6.07) is 5.06. The van der Waals surface area contributed by atoms with Gasteiger partial charge in [0.05, 0.1) is 7.11 Å². The van der Waals surface area contributed by atoms with E-state index >= 15 is 0 Å². The average molecular weight is 220 g/mol. The van der Waals surface area contributed by atoms with Crippen LogP contribution >= 0.6 is 0 Å². The molecule has 0 radical (unpaired) electrons. The lowest BCUT2D eigenvalue weighted by molar-refractivity contribution is -0.145. The van der Waals surface area contributed by atoms with Crippen LogP contribution in [0.1, 0.15) is 11.5 Å². The van der Waals surface area contributed by atoms with Crippen molar-refractivity contribution in [2.45, 2.75) is 5.92 Å². The maximum Gasteiger partial charge on any atom is 0.322 e. The molecule has 0 fully saturated rings. The highest BCUT2D eigenvalue weighted by Gasteiger charge is 2.40. The van der Waals surface area contributed by atoms with Crippen LogP contribution in [0.25, 0.3) is 0 Å². The lowest BCUT2D eigenvalue weighted by Crippen LogP contribution is -2.28. The van der Waals surface area contributed by atoms with Crippen LogP contribution in [0.5, 0.6) is 0 Å². The van der Waals surface area contributed by atoms with E-state index in [9.17, 15) is 9.59 Å².